The van der Waals surface area contributed by atoms with Crippen LogP contribution in [-0.4, -0.2) is 31.9 Å². The molecule has 3 rings (SSSR count). The summed E-state index contributed by atoms with van der Waals surface area (Å²) in [5.74, 6) is 1.21. The third kappa shape index (κ3) is 2.33. The second kappa shape index (κ2) is 5.13. The lowest BCUT2D eigenvalue weighted by Gasteiger charge is -2.08. The van der Waals surface area contributed by atoms with Crippen LogP contribution in [0.3, 0.4) is 0 Å². The lowest BCUT2D eigenvalue weighted by Crippen LogP contribution is -2.03. The lowest BCUT2D eigenvalue weighted by molar-refractivity contribution is -0.385. The van der Waals surface area contributed by atoms with Crippen LogP contribution >= 0.6 is 0 Å². The van der Waals surface area contributed by atoms with Gasteiger partial charge in [0.05, 0.1) is 12.0 Å². The van der Waals surface area contributed by atoms with Crippen molar-refractivity contribution in [2.45, 2.75) is 25.5 Å². The summed E-state index contributed by atoms with van der Waals surface area (Å²) in [4.78, 5) is 10.6. The third-order valence-electron chi connectivity index (χ3n) is 3.45. The maximum Gasteiger partial charge on any atom is 0.311 e. The van der Waals surface area contributed by atoms with Crippen molar-refractivity contribution in [3.05, 3.63) is 34.1 Å². The lowest BCUT2D eigenvalue weighted by atomic mass is 10.1. The van der Waals surface area contributed by atoms with E-state index in [2.05, 4.69) is 10.2 Å². The highest BCUT2D eigenvalue weighted by molar-refractivity contribution is 5.64. The highest BCUT2D eigenvalue weighted by Crippen LogP contribution is 2.40. The molecule has 1 N–H and O–H groups in total. The van der Waals surface area contributed by atoms with Gasteiger partial charge < -0.3 is 14.4 Å². The summed E-state index contributed by atoms with van der Waals surface area (Å²) in [6.45, 7) is -0.207. The number of rotatable bonds is 5. The van der Waals surface area contributed by atoms with Crippen LogP contribution in [0.1, 0.15) is 24.7 Å². The topological polar surface area (TPSA) is 103 Å². The number of aliphatic hydroxyl groups excluding tert-OH is 1. The summed E-state index contributed by atoms with van der Waals surface area (Å²) in [6.07, 6.45) is 1.99. The number of nitrogens with zero attached hydrogens (tertiary/aromatic N) is 4. The van der Waals surface area contributed by atoms with Crippen LogP contribution in [0.15, 0.2) is 18.2 Å². The first-order valence-electron chi connectivity index (χ1n) is 6.53. The Bertz CT molecular complexity index is 693. The molecule has 1 aliphatic carbocycles. The number of hydrogen-bond acceptors (Lipinski definition) is 6. The molecule has 21 heavy (non-hydrogen) atoms. The standard InChI is InChI=1S/C13H14N4O4/c1-21-11-5-2-8(6-10(11)17(19)20)13-15-14-12(7-18)16(13)9-3-4-9/h2,5-6,9,18H,3-4,7H2,1H3. The van der Waals surface area contributed by atoms with Gasteiger partial charge in [-0.15, -0.1) is 10.2 Å². The van der Waals surface area contributed by atoms with Gasteiger partial charge in [0, 0.05) is 17.7 Å². The molecule has 2 aromatic rings. The predicted molar refractivity (Wildman–Crippen MR) is 72.9 cm³/mol. The molecule has 1 aliphatic rings. The molecule has 1 fully saturated rings. The maximum atomic E-state index is 11.1. The fourth-order valence-corrected chi connectivity index (χ4v) is 2.32. The van der Waals surface area contributed by atoms with Crippen molar-refractivity contribution in [1.82, 2.24) is 14.8 Å². The second-order valence-corrected chi connectivity index (χ2v) is 4.84. The van der Waals surface area contributed by atoms with Crippen molar-refractivity contribution in [1.29, 1.82) is 0 Å². The molecule has 0 unspecified atom stereocenters. The molecule has 0 saturated heterocycles. The van der Waals surface area contributed by atoms with Crippen LogP contribution in [0.4, 0.5) is 5.69 Å². The molecule has 0 amide bonds. The predicted octanol–water partition coefficient (Wildman–Crippen LogP) is 1.69. The summed E-state index contributed by atoms with van der Waals surface area (Å²) in [5.41, 5.74) is 0.465. The Morgan fingerprint density at radius 1 is 1.48 bits per heavy atom. The van der Waals surface area contributed by atoms with Crippen LogP contribution in [0.5, 0.6) is 5.75 Å². The third-order valence-corrected chi connectivity index (χ3v) is 3.45. The maximum absolute atomic E-state index is 11.1. The highest BCUT2D eigenvalue weighted by Gasteiger charge is 2.30. The van der Waals surface area contributed by atoms with E-state index in [9.17, 15) is 15.2 Å². The van der Waals surface area contributed by atoms with Crippen molar-refractivity contribution < 1.29 is 14.8 Å². The molecule has 0 aliphatic heterocycles. The molecule has 1 heterocycles. The molecule has 0 atom stereocenters. The normalized spacial score (nSPS) is 14.2. The molecule has 0 radical (unpaired) electrons. The fourth-order valence-electron chi connectivity index (χ4n) is 2.32. The first kappa shape index (κ1) is 13.5. The van der Waals surface area contributed by atoms with Gasteiger partial charge in [-0.3, -0.25) is 10.1 Å². The number of methoxy groups -OCH3 is 1. The van der Waals surface area contributed by atoms with E-state index < -0.39 is 4.92 Å². The van der Waals surface area contributed by atoms with Gasteiger partial charge in [-0.2, -0.15) is 0 Å². The number of nitro groups is 1. The highest BCUT2D eigenvalue weighted by atomic mass is 16.6. The zero-order chi connectivity index (χ0) is 15.0. The van der Waals surface area contributed by atoms with Crippen molar-refractivity contribution in [3.8, 4) is 17.1 Å². The van der Waals surface area contributed by atoms with Gasteiger partial charge in [-0.1, -0.05) is 0 Å². The molecule has 1 aromatic carbocycles. The second-order valence-electron chi connectivity index (χ2n) is 4.84. The van der Waals surface area contributed by atoms with E-state index in [1.807, 2.05) is 4.57 Å². The Kier molecular flexibility index (Phi) is 3.30. The largest absolute Gasteiger partial charge is 0.490 e. The number of nitro benzene ring substituents is 1. The van der Waals surface area contributed by atoms with Crippen LogP contribution < -0.4 is 4.74 Å². The van der Waals surface area contributed by atoms with Crippen LogP contribution in [0.25, 0.3) is 11.4 Å². The van der Waals surface area contributed by atoms with Gasteiger partial charge in [0.2, 0.25) is 0 Å². The molecule has 1 aromatic heterocycles. The molecule has 8 heteroatoms. The minimum atomic E-state index is -0.493. The van der Waals surface area contributed by atoms with E-state index in [0.29, 0.717) is 17.2 Å². The zero-order valence-electron chi connectivity index (χ0n) is 11.4. The van der Waals surface area contributed by atoms with E-state index in [-0.39, 0.29) is 24.1 Å². The van der Waals surface area contributed by atoms with Crippen molar-refractivity contribution in [3.63, 3.8) is 0 Å². The van der Waals surface area contributed by atoms with Gasteiger partial charge in [0.25, 0.3) is 0 Å². The first-order chi connectivity index (χ1) is 10.2. The van der Waals surface area contributed by atoms with Gasteiger partial charge in [-0.05, 0) is 25.0 Å². The van der Waals surface area contributed by atoms with Gasteiger partial charge in [0.15, 0.2) is 17.4 Å². The summed E-state index contributed by atoms with van der Waals surface area (Å²) >= 11 is 0. The van der Waals surface area contributed by atoms with Gasteiger partial charge >= 0.3 is 5.69 Å². The van der Waals surface area contributed by atoms with E-state index in [4.69, 9.17) is 4.74 Å². The molecular weight excluding hydrogens is 276 g/mol. The minimum Gasteiger partial charge on any atom is -0.490 e. The summed E-state index contributed by atoms with van der Waals surface area (Å²) in [5, 5.41) is 28.4. The average molecular weight is 290 g/mol. The number of benzene rings is 1. The Hall–Kier alpha value is -2.48. The Balaban J connectivity index is 2.10. The first-order valence-corrected chi connectivity index (χ1v) is 6.53. The summed E-state index contributed by atoms with van der Waals surface area (Å²) in [6, 6.07) is 4.93. The van der Waals surface area contributed by atoms with Crippen molar-refractivity contribution in [2.75, 3.05) is 7.11 Å². The number of aromatic nitrogens is 3. The Labute approximate surface area is 120 Å². The van der Waals surface area contributed by atoms with Crippen LogP contribution in [-0.2, 0) is 6.61 Å². The van der Waals surface area contributed by atoms with Crippen LogP contribution in [0.2, 0.25) is 0 Å². The zero-order valence-corrected chi connectivity index (χ0v) is 11.4. The van der Waals surface area contributed by atoms with E-state index in [1.54, 1.807) is 6.07 Å². The Morgan fingerprint density at radius 3 is 2.81 bits per heavy atom. The SMILES string of the molecule is COc1ccc(-c2nnc(CO)n2C2CC2)cc1[N+](=O)[O-]. The van der Waals surface area contributed by atoms with Crippen molar-refractivity contribution >= 4 is 5.69 Å². The molecular formula is C13H14N4O4. The van der Waals surface area contributed by atoms with E-state index >= 15 is 0 Å². The summed E-state index contributed by atoms with van der Waals surface area (Å²) < 4.78 is 6.84. The molecule has 0 spiro atoms. The quantitative estimate of drug-likeness (QED) is 0.664. The van der Waals surface area contributed by atoms with E-state index in [1.165, 1.54) is 19.2 Å². The fraction of sp³-hybridized carbons (Fsp3) is 0.385. The number of hydrogen-bond donors (Lipinski definition) is 1. The van der Waals surface area contributed by atoms with Crippen molar-refractivity contribution in [2.24, 2.45) is 0 Å². The van der Waals surface area contributed by atoms with Gasteiger partial charge in [0.1, 0.15) is 6.61 Å². The molecule has 8 nitrogen and oxygen atoms in total. The molecule has 0 bridgehead atoms. The molecule has 1 saturated carbocycles. The molecule has 110 valence electrons. The van der Waals surface area contributed by atoms with E-state index in [0.717, 1.165) is 12.8 Å². The number of aliphatic hydroxyl groups is 1. The van der Waals surface area contributed by atoms with Crippen LogP contribution in [0, 0.1) is 10.1 Å². The summed E-state index contributed by atoms with van der Waals surface area (Å²) in [7, 11) is 1.39. The number of ether oxygens (including phenoxy) is 1. The minimum absolute atomic E-state index is 0.120. The Morgan fingerprint density at radius 2 is 2.24 bits per heavy atom. The monoisotopic (exact) mass is 290 g/mol. The smallest absolute Gasteiger partial charge is 0.311 e. The average Bonchev–Trinajstić information content (AvgIpc) is 3.25. The van der Waals surface area contributed by atoms with Gasteiger partial charge in [-0.25, -0.2) is 0 Å².